The summed E-state index contributed by atoms with van der Waals surface area (Å²) in [4.78, 5) is 11.3. The first-order valence-electron chi connectivity index (χ1n) is 7.69. The summed E-state index contributed by atoms with van der Waals surface area (Å²) in [5, 5.41) is 0. The van der Waals surface area contributed by atoms with E-state index in [0.29, 0.717) is 6.07 Å². The molecule has 0 amide bonds. The third-order valence-electron chi connectivity index (χ3n) is 3.60. The van der Waals surface area contributed by atoms with Gasteiger partial charge in [0, 0.05) is 6.54 Å². The predicted molar refractivity (Wildman–Crippen MR) is 88.5 cm³/mol. The summed E-state index contributed by atoms with van der Waals surface area (Å²) in [5.74, 6) is -2.36. The van der Waals surface area contributed by atoms with E-state index >= 15 is 0 Å². The van der Waals surface area contributed by atoms with Crippen LogP contribution in [0.25, 0.3) is 0 Å². The van der Waals surface area contributed by atoms with Crippen LogP contribution < -0.4 is 4.31 Å². The Labute approximate surface area is 156 Å². The highest BCUT2D eigenvalue weighted by atomic mass is 32.2. The lowest BCUT2D eigenvalue weighted by Crippen LogP contribution is -2.36. The Bertz CT molecular complexity index is 939. The van der Waals surface area contributed by atoms with Crippen LogP contribution in [0.1, 0.15) is 16.8 Å². The molecular formula is C17H13F6NO3S. The molecule has 152 valence electrons. The van der Waals surface area contributed by atoms with Crippen molar-refractivity contribution in [3.05, 3.63) is 60.2 Å². The average molecular weight is 425 g/mol. The SMILES string of the molecule is O=C(c1ccccc1N(CCC(F)(F)F)S(=O)(=O)c1ccccc1)C(F)(F)F. The number of Topliss-reactive ketones (excluding diaryl/α,β-unsaturated/α-hetero) is 1. The van der Waals surface area contributed by atoms with E-state index in [9.17, 15) is 39.6 Å². The predicted octanol–water partition coefficient (Wildman–Crippen LogP) is 4.58. The quantitative estimate of drug-likeness (QED) is 0.503. The lowest BCUT2D eigenvalue weighted by molar-refractivity contribution is -0.132. The first kappa shape index (κ1) is 21.7. The number of sulfonamides is 1. The molecule has 0 radical (unpaired) electrons. The molecular weight excluding hydrogens is 412 g/mol. The van der Waals surface area contributed by atoms with Crippen LogP contribution in [0.3, 0.4) is 0 Å². The van der Waals surface area contributed by atoms with Crippen molar-refractivity contribution in [1.82, 2.24) is 0 Å². The molecule has 0 aromatic heterocycles. The van der Waals surface area contributed by atoms with Gasteiger partial charge in [0.05, 0.1) is 22.6 Å². The van der Waals surface area contributed by atoms with Gasteiger partial charge in [-0.3, -0.25) is 9.10 Å². The second kappa shape index (κ2) is 7.82. The summed E-state index contributed by atoms with van der Waals surface area (Å²) >= 11 is 0. The first-order valence-corrected chi connectivity index (χ1v) is 9.13. The Balaban J connectivity index is 2.63. The highest BCUT2D eigenvalue weighted by Gasteiger charge is 2.42. The number of ketones is 1. The van der Waals surface area contributed by atoms with Gasteiger partial charge in [0.1, 0.15) is 0 Å². The number of hydrogen-bond acceptors (Lipinski definition) is 3. The number of benzene rings is 2. The molecule has 0 aliphatic heterocycles. The fourth-order valence-electron chi connectivity index (χ4n) is 2.35. The fourth-order valence-corrected chi connectivity index (χ4v) is 3.86. The van der Waals surface area contributed by atoms with Gasteiger partial charge in [-0.05, 0) is 24.3 Å². The van der Waals surface area contributed by atoms with E-state index in [1.54, 1.807) is 0 Å². The number of rotatable bonds is 6. The fraction of sp³-hybridized carbons (Fsp3) is 0.235. The molecule has 4 nitrogen and oxygen atoms in total. The molecule has 0 aliphatic carbocycles. The van der Waals surface area contributed by atoms with E-state index in [0.717, 1.165) is 30.3 Å². The minimum atomic E-state index is -5.33. The van der Waals surface area contributed by atoms with Crippen LogP contribution >= 0.6 is 0 Å². The maximum atomic E-state index is 12.9. The van der Waals surface area contributed by atoms with Crippen molar-refractivity contribution < 1.29 is 39.6 Å². The van der Waals surface area contributed by atoms with E-state index in [2.05, 4.69) is 0 Å². The van der Waals surface area contributed by atoms with Gasteiger partial charge in [-0.2, -0.15) is 26.3 Å². The second-order valence-electron chi connectivity index (χ2n) is 5.60. The van der Waals surface area contributed by atoms with Crippen molar-refractivity contribution in [2.45, 2.75) is 23.7 Å². The molecule has 28 heavy (non-hydrogen) atoms. The topological polar surface area (TPSA) is 54.5 Å². The van der Waals surface area contributed by atoms with Crippen molar-refractivity contribution in [2.24, 2.45) is 0 Å². The number of anilines is 1. The second-order valence-corrected chi connectivity index (χ2v) is 7.46. The molecule has 11 heteroatoms. The van der Waals surface area contributed by atoms with Crippen molar-refractivity contribution in [3.63, 3.8) is 0 Å². The molecule has 2 aromatic rings. The summed E-state index contributed by atoms with van der Waals surface area (Å²) in [7, 11) is -4.66. The number of alkyl halides is 6. The molecule has 2 rings (SSSR count). The van der Waals surface area contributed by atoms with Crippen LogP contribution in [0.4, 0.5) is 32.0 Å². The van der Waals surface area contributed by atoms with Gasteiger partial charge >= 0.3 is 12.4 Å². The van der Waals surface area contributed by atoms with Gasteiger partial charge in [0.2, 0.25) is 0 Å². The zero-order valence-corrected chi connectivity index (χ0v) is 14.8. The third-order valence-corrected chi connectivity index (χ3v) is 5.43. The lowest BCUT2D eigenvalue weighted by Gasteiger charge is -2.27. The Morgan fingerprint density at radius 3 is 1.93 bits per heavy atom. The van der Waals surface area contributed by atoms with E-state index in [4.69, 9.17) is 0 Å². The van der Waals surface area contributed by atoms with E-state index in [1.807, 2.05) is 0 Å². The van der Waals surface area contributed by atoms with Gasteiger partial charge in [-0.25, -0.2) is 8.42 Å². The molecule has 0 saturated carbocycles. The van der Waals surface area contributed by atoms with E-state index < -0.39 is 57.3 Å². The average Bonchev–Trinajstić information content (AvgIpc) is 2.60. The molecule has 0 heterocycles. The van der Waals surface area contributed by atoms with Crippen LogP contribution in [0.5, 0.6) is 0 Å². The van der Waals surface area contributed by atoms with Crippen LogP contribution in [0.15, 0.2) is 59.5 Å². The monoisotopic (exact) mass is 425 g/mol. The lowest BCUT2D eigenvalue weighted by atomic mass is 10.1. The zero-order valence-electron chi connectivity index (χ0n) is 14.0. The minimum absolute atomic E-state index is 0.175. The van der Waals surface area contributed by atoms with Crippen LogP contribution in [-0.2, 0) is 10.0 Å². The molecule has 0 fully saturated rings. The maximum Gasteiger partial charge on any atom is 0.454 e. The molecule has 2 aromatic carbocycles. The van der Waals surface area contributed by atoms with Crippen molar-refractivity contribution in [3.8, 4) is 0 Å². The minimum Gasteiger partial charge on any atom is -0.284 e. The first-order chi connectivity index (χ1) is 12.8. The number of carbonyl (C=O) groups excluding carboxylic acids is 1. The molecule has 0 N–H and O–H groups in total. The van der Waals surface area contributed by atoms with E-state index in [-0.39, 0.29) is 4.31 Å². The van der Waals surface area contributed by atoms with E-state index in [1.165, 1.54) is 18.2 Å². The maximum absolute atomic E-state index is 12.9. The van der Waals surface area contributed by atoms with Crippen LogP contribution in [0.2, 0.25) is 0 Å². The number of halogens is 6. The molecule has 0 aliphatic rings. The normalized spacial score (nSPS) is 12.6. The summed E-state index contributed by atoms with van der Waals surface area (Å²) < 4.78 is 103. The summed E-state index contributed by atoms with van der Waals surface area (Å²) in [6, 6.07) is 10.0. The van der Waals surface area contributed by atoms with Gasteiger partial charge in [0.25, 0.3) is 15.8 Å². The molecule has 0 bridgehead atoms. The Morgan fingerprint density at radius 2 is 1.39 bits per heavy atom. The number of carbonyl (C=O) groups is 1. The highest BCUT2D eigenvalue weighted by molar-refractivity contribution is 7.92. The van der Waals surface area contributed by atoms with Crippen molar-refractivity contribution in [2.75, 3.05) is 10.8 Å². The highest BCUT2D eigenvalue weighted by Crippen LogP contribution is 2.33. The summed E-state index contributed by atoms with van der Waals surface area (Å²) in [6.07, 6.45) is -11.7. The standard InChI is InChI=1S/C17H13F6NO3S/c18-16(19,20)10-11-24(28(26,27)12-6-2-1-3-7-12)14-9-5-4-8-13(14)15(25)17(21,22)23/h1-9H,10-11H2. The van der Waals surface area contributed by atoms with Crippen molar-refractivity contribution in [1.29, 1.82) is 0 Å². The largest absolute Gasteiger partial charge is 0.454 e. The van der Waals surface area contributed by atoms with Gasteiger partial charge in [-0.15, -0.1) is 0 Å². The number of para-hydroxylation sites is 1. The Kier molecular flexibility index (Phi) is 6.07. The van der Waals surface area contributed by atoms with Gasteiger partial charge in [0.15, 0.2) is 0 Å². The Morgan fingerprint density at radius 1 is 0.857 bits per heavy atom. The Hall–Kier alpha value is -2.56. The van der Waals surface area contributed by atoms with Crippen LogP contribution in [0, 0.1) is 0 Å². The number of nitrogens with zero attached hydrogens (tertiary/aromatic N) is 1. The summed E-state index contributed by atoms with van der Waals surface area (Å²) in [5.41, 5.74) is -1.84. The summed E-state index contributed by atoms with van der Waals surface area (Å²) in [6.45, 7) is -1.19. The van der Waals surface area contributed by atoms with Crippen molar-refractivity contribution >= 4 is 21.5 Å². The smallest absolute Gasteiger partial charge is 0.284 e. The zero-order chi connectivity index (χ0) is 21.2. The van der Waals surface area contributed by atoms with Crippen LogP contribution in [-0.4, -0.2) is 33.1 Å². The molecule has 0 spiro atoms. The van der Waals surface area contributed by atoms with Gasteiger partial charge in [-0.1, -0.05) is 30.3 Å². The molecule has 0 saturated heterocycles. The van der Waals surface area contributed by atoms with Gasteiger partial charge < -0.3 is 0 Å². The number of hydrogen-bond donors (Lipinski definition) is 0. The molecule has 0 unspecified atom stereocenters. The third kappa shape index (κ3) is 5.03. The molecule has 0 atom stereocenters.